The van der Waals surface area contributed by atoms with Gasteiger partial charge in [0.15, 0.2) is 5.01 Å². The second kappa shape index (κ2) is 8.83. The number of anilines is 1. The average molecular weight is 510 g/mol. The van der Waals surface area contributed by atoms with E-state index in [4.69, 9.17) is 5.11 Å². The molecule has 0 saturated heterocycles. The van der Waals surface area contributed by atoms with E-state index < -0.39 is 11.9 Å². The highest BCUT2D eigenvalue weighted by molar-refractivity contribution is 9.14. The van der Waals surface area contributed by atoms with Gasteiger partial charge in [0.25, 0.3) is 5.91 Å². The lowest BCUT2D eigenvalue weighted by molar-refractivity contribution is -0.132. The lowest BCUT2D eigenvalue weighted by Gasteiger charge is -2.22. The summed E-state index contributed by atoms with van der Waals surface area (Å²) in [7, 11) is 0. The molecule has 138 valence electrons. The van der Waals surface area contributed by atoms with Crippen molar-refractivity contribution in [3.8, 4) is 11.8 Å². The van der Waals surface area contributed by atoms with Crippen LogP contribution in [0, 0.1) is 11.8 Å². The number of carboxylic acid groups (broad SMARTS) is 1. The van der Waals surface area contributed by atoms with Crippen LogP contribution in [0.15, 0.2) is 38.6 Å². The SMILES string of the molecule is O=C(O)/C(Br)=C(/Br)C(=O)Nc1cccc(C#Cc2nc(C3CCC3)cs2)c1. The minimum atomic E-state index is -1.23. The van der Waals surface area contributed by atoms with Crippen molar-refractivity contribution in [2.75, 3.05) is 5.32 Å². The van der Waals surface area contributed by atoms with E-state index in [0.29, 0.717) is 11.6 Å². The van der Waals surface area contributed by atoms with Gasteiger partial charge in [-0.2, -0.15) is 0 Å². The maximum Gasteiger partial charge on any atom is 0.344 e. The smallest absolute Gasteiger partial charge is 0.344 e. The summed E-state index contributed by atoms with van der Waals surface area (Å²) in [6.45, 7) is 0. The van der Waals surface area contributed by atoms with Gasteiger partial charge in [0, 0.05) is 22.5 Å². The van der Waals surface area contributed by atoms with Crippen molar-refractivity contribution >= 4 is 60.8 Å². The third-order valence-corrected chi connectivity index (χ3v) is 6.86. The first-order valence-corrected chi connectivity index (χ1v) is 10.6. The van der Waals surface area contributed by atoms with E-state index in [9.17, 15) is 9.59 Å². The number of thiazole rings is 1. The molecule has 27 heavy (non-hydrogen) atoms. The first kappa shape index (κ1) is 19.8. The van der Waals surface area contributed by atoms with Crippen molar-refractivity contribution in [2.45, 2.75) is 25.2 Å². The number of hydrogen-bond acceptors (Lipinski definition) is 4. The van der Waals surface area contributed by atoms with Crippen LogP contribution in [0.4, 0.5) is 5.69 Å². The number of aromatic nitrogens is 1. The van der Waals surface area contributed by atoms with Crippen LogP contribution in [0.3, 0.4) is 0 Å². The molecule has 1 heterocycles. The fourth-order valence-electron chi connectivity index (χ4n) is 2.41. The normalized spacial score (nSPS) is 14.4. The predicted molar refractivity (Wildman–Crippen MR) is 112 cm³/mol. The quantitative estimate of drug-likeness (QED) is 0.456. The summed E-state index contributed by atoms with van der Waals surface area (Å²) in [5.41, 5.74) is 2.38. The predicted octanol–water partition coefficient (Wildman–Crippen LogP) is 4.83. The maximum atomic E-state index is 12.1. The van der Waals surface area contributed by atoms with Crippen LogP contribution in [0.2, 0.25) is 0 Å². The van der Waals surface area contributed by atoms with Gasteiger partial charge in [-0.3, -0.25) is 4.79 Å². The van der Waals surface area contributed by atoms with E-state index in [0.717, 1.165) is 16.3 Å². The number of halogens is 2. The molecule has 1 fully saturated rings. The van der Waals surface area contributed by atoms with Crippen molar-refractivity contribution in [3.63, 3.8) is 0 Å². The summed E-state index contributed by atoms with van der Waals surface area (Å²) in [4.78, 5) is 27.6. The molecule has 0 aliphatic heterocycles. The lowest BCUT2D eigenvalue weighted by Crippen LogP contribution is -2.14. The Labute approximate surface area is 177 Å². The molecule has 0 radical (unpaired) electrons. The zero-order chi connectivity index (χ0) is 19.4. The van der Waals surface area contributed by atoms with Crippen molar-refractivity contribution in [1.29, 1.82) is 0 Å². The molecule has 0 unspecified atom stereocenters. The Balaban J connectivity index is 1.71. The number of amides is 1. The zero-order valence-electron chi connectivity index (χ0n) is 14.0. The first-order chi connectivity index (χ1) is 12.9. The fourth-order valence-corrected chi connectivity index (χ4v) is 3.61. The number of nitrogens with zero attached hydrogens (tertiary/aromatic N) is 1. The van der Waals surface area contributed by atoms with Gasteiger partial charge in [0.2, 0.25) is 0 Å². The third kappa shape index (κ3) is 5.06. The molecular weight excluding hydrogens is 496 g/mol. The molecule has 1 amide bonds. The van der Waals surface area contributed by atoms with E-state index in [-0.39, 0.29) is 8.96 Å². The minimum absolute atomic E-state index is 0.0993. The maximum absolute atomic E-state index is 12.1. The number of aliphatic carboxylic acids is 1. The van der Waals surface area contributed by atoms with Crippen LogP contribution in [-0.4, -0.2) is 22.0 Å². The summed E-state index contributed by atoms with van der Waals surface area (Å²) in [6.07, 6.45) is 3.69. The van der Waals surface area contributed by atoms with Gasteiger partial charge in [0.1, 0.15) is 8.96 Å². The van der Waals surface area contributed by atoms with Gasteiger partial charge in [0.05, 0.1) is 5.69 Å². The molecule has 0 atom stereocenters. The number of carboxylic acids is 1. The van der Waals surface area contributed by atoms with Crippen molar-refractivity contribution < 1.29 is 14.7 Å². The molecule has 2 aromatic rings. The van der Waals surface area contributed by atoms with Gasteiger partial charge in [-0.1, -0.05) is 18.4 Å². The summed E-state index contributed by atoms with van der Waals surface area (Å²) < 4.78 is -0.347. The van der Waals surface area contributed by atoms with Gasteiger partial charge in [-0.05, 0) is 68.8 Å². The summed E-state index contributed by atoms with van der Waals surface area (Å²) in [5.74, 6) is 4.90. The molecule has 5 nitrogen and oxygen atoms in total. The van der Waals surface area contributed by atoms with Gasteiger partial charge >= 0.3 is 5.97 Å². The zero-order valence-corrected chi connectivity index (χ0v) is 17.9. The van der Waals surface area contributed by atoms with E-state index in [1.807, 2.05) is 6.07 Å². The molecule has 0 bridgehead atoms. The second-order valence-corrected chi connectivity index (χ2v) is 8.37. The Kier molecular flexibility index (Phi) is 6.47. The Hall–Kier alpha value is -1.95. The topological polar surface area (TPSA) is 79.3 Å². The number of carbonyl (C=O) groups excluding carboxylic acids is 1. The van der Waals surface area contributed by atoms with Gasteiger partial charge in [-0.25, -0.2) is 9.78 Å². The number of carbonyl (C=O) groups is 2. The first-order valence-electron chi connectivity index (χ1n) is 8.11. The van der Waals surface area contributed by atoms with Gasteiger partial charge < -0.3 is 10.4 Å². The van der Waals surface area contributed by atoms with Crippen LogP contribution in [0.25, 0.3) is 0 Å². The second-order valence-electron chi connectivity index (χ2n) is 5.92. The molecule has 1 aliphatic rings. The largest absolute Gasteiger partial charge is 0.477 e. The molecular formula is C19H14Br2N2O3S. The molecule has 8 heteroatoms. The van der Waals surface area contributed by atoms with E-state index >= 15 is 0 Å². The Bertz CT molecular complexity index is 984. The Morgan fingerprint density at radius 2 is 2.00 bits per heavy atom. The molecule has 1 aromatic heterocycles. The molecule has 1 aromatic carbocycles. The fraction of sp³-hybridized carbons (Fsp3) is 0.211. The van der Waals surface area contributed by atoms with E-state index in [1.54, 1.807) is 29.5 Å². The number of nitrogens with one attached hydrogen (secondary N) is 1. The van der Waals surface area contributed by atoms with Crippen molar-refractivity contribution in [1.82, 2.24) is 4.98 Å². The highest BCUT2D eigenvalue weighted by atomic mass is 79.9. The molecule has 2 N–H and O–H groups in total. The number of rotatable bonds is 4. The van der Waals surface area contributed by atoms with Crippen LogP contribution < -0.4 is 5.32 Å². The summed E-state index contributed by atoms with van der Waals surface area (Å²) in [5, 5.41) is 14.4. The minimum Gasteiger partial charge on any atom is -0.477 e. The molecule has 3 rings (SSSR count). The number of hydrogen-bond donors (Lipinski definition) is 2. The van der Waals surface area contributed by atoms with E-state index in [2.05, 4.69) is 59.4 Å². The highest BCUT2D eigenvalue weighted by Gasteiger charge is 2.21. The summed E-state index contributed by atoms with van der Waals surface area (Å²) >= 11 is 7.37. The monoisotopic (exact) mass is 508 g/mol. The number of benzene rings is 1. The highest BCUT2D eigenvalue weighted by Crippen LogP contribution is 2.36. The standard InChI is InChI=1S/C19H14Br2N2O3S/c20-16(17(21)19(25)26)18(24)22-13-6-1-3-11(9-13)7-8-15-23-14(10-27-15)12-4-2-5-12/h1,3,6,9-10,12H,2,4-5H2,(H,22,24)(H,25,26)/b17-16-. The van der Waals surface area contributed by atoms with Crippen LogP contribution in [0.1, 0.15) is 41.4 Å². The van der Waals surface area contributed by atoms with Crippen LogP contribution >= 0.6 is 43.2 Å². The third-order valence-electron chi connectivity index (χ3n) is 4.06. The van der Waals surface area contributed by atoms with Crippen LogP contribution in [0.5, 0.6) is 0 Å². The van der Waals surface area contributed by atoms with Crippen molar-refractivity contribution in [2.24, 2.45) is 0 Å². The van der Waals surface area contributed by atoms with Gasteiger partial charge in [-0.15, -0.1) is 11.3 Å². The summed E-state index contributed by atoms with van der Waals surface area (Å²) in [6, 6.07) is 7.03. The molecule has 0 spiro atoms. The molecule has 1 saturated carbocycles. The molecule has 1 aliphatic carbocycles. The van der Waals surface area contributed by atoms with E-state index in [1.165, 1.54) is 19.3 Å². The average Bonchev–Trinajstić information content (AvgIpc) is 3.05. The Morgan fingerprint density at radius 1 is 1.22 bits per heavy atom. The Morgan fingerprint density at radius 3 is 2.67 bits per heavy atom. The lowest BCUT2D eigenvalue weighted by atomic mass is 9.83. The van der Waals surface area contributed by atoms with Crippen LogP contribution in [-0.2, 0) is 9.59 Å². The van der Waals surface area contributed by atoms with Crippen molar-refractivity contribution in [3.05, 3.63) is 54.9 Å².